The molecule has 0 aliphatic carbocycles. The molecule has 0 amide bonds. The van der Waals surface area contributed by atoms with E-state index in [1.807, 2.05) is 6.07 Å². The molecule has 0 unspecified atom stereocenters. The average Bonchev–Trinajstić information content (AvgIpc) is 2.59. The van der Waals surface area contributed by atoms with Gasteiger partial charge in [-0.15, -0.1) is 0 Å². The summed E-state index contributed by atoms with van der Waals surface area (Å²) in [6.07, 6.45) is 1.56. The van der Waals surface area contributed by atoms with Crippen molar-refractivity contribution in [2.45, 2.75) is 6.61 Å². The van der Waals surface area contributed by atoms with Crippen molar-refractivity contribution < 1.29 is 13.9 Å². The molecule has 6 heteroatoms. The van der Waals surface area contributed by atoms with Crippen molar-refractivity contribution in [1.82, 2.24) is 0 Å². The predicted molar refractivity (Wildman–Crippen MR) is 94.1 cm³/mol. The summed E-state index contributed by atoms with van der Waals surface area (Å²) in [7, 11) is 1.50. The summed E-state index contributed by atoms with van der Waals surface area (Å²) >= 11 is 4.81. The van der Waals surface area contributed by atoms with Crippen LogP contribution in [0.25, 0.3) is 6.08 Å². The molecule has 0 saturated heterocycles. The van der Waals surface area contributed by atoms with E-state index >= 15 is 0 Å². The second-order valence-corrected chi connectivity index (χ2v) is 5.26. The molecule has 0 radical (unpaired) electrons. The fraction of sp³-hybridized carbons (Fsp3) is 0.111. The molecule has 2 aromatic carbocycles. The number of benzene rings is 2. The zero-order valence-electron chi connectivity index (χ0n) is 13.0. The first-order valence-electron chi connectivity index (χ1n) is 7.01. The van der Waals surface area contributed by atoms with E-state index in [1.54, 1.807) is 42.5 Å². The van der Waals surface area contributed by atoms with Gasteiger partial charge in [0, 0.05) is 5.56 Å². The van der Waals surface area contributed by atoms with Crippen LogP contribution < -0.4 is 15.2 Å². The maximum Gasteiger partial charge on any atom is 0.161 e. The Labute approximate surface area is 144 Å². The van der Waals surface area contributed by atoms with E-state index in [1.165, 1.54) is 13.2 Å². The van der Waals surface area contributed by atoms with Crippen molar-refractivity contribution in [2.75, 3.05) is 7.11 Å². The van der Waals surface area contributed by atoms with Crippen LogP contribution in [0.1, 0.15) is 11.1 Å². The number of nitriles is 1. The minimum absolute atomic E-state index is 0.0244. The Kier molecular flexibility index (Phi) is 5.88. The summed E-state index contributed by atoms with van der Waals surface area (Å²) in [6, 6.07) is 13.4. The van der Waals surface area contributed by atoms with Crippen LogP contribution in [0, 0.1) is 17.1 Å². The van der Waals surface area contributed by atoms with Crippen molar-refractivity contribution in [3.63, 3.8) is 0 Å². The molecule has 0 spiro atoms. The monoisotopic (exact) mass is 342 g/mol. The first kappa shape index (κ1) is 17.4. The molecule has 4 nitrogen and oxygen atoms in total. The molecule has 0 heterocycles. The van der Waals surface area contributed by atoms with E-state index in [0.717, 1.165) is 0 Å². The summed E-state index contributed by atoms with van der Waals surface area (Å²) in [6.45, 7) is 0.0779. The van der Waals surface area contributed by atoms with E-state index in [-0.39, 0.29) is 23.0 Å². The molecule has 2 N–H and O–H groups in total. The Hall–Kier alpha value is -2.91. The lowest BCUT2D eigenvalue weighted by Crippen LogP contribution is -2.09. The molecule has 0 bridgehead atoms. The molecule has 0 saturated carbocycles. The standard InChI is InChI=1S/C18H15FN2O2S/c1-22-17-9-12(8-14(10-20)18(21)24)6-7-16(17)23-11-13-4-2-3-5-15(13)19/h2-9H,11H2,1H3,(H2,21,24). The van der Waals surface area contributed by atoms with Crippen molar-refractivity contribution in [3.05, 3.63) is 65.0 Å². The number of halogens is 1. The molecule has 0 fully saturated rings. The number of thiocarbonyl (C=S) groups is 1. The molecule has 122 valence electrons. The van der Waals surface area contributed by atoms with Gasteiger partial charge in [-0.2, -0.15) is 5.26 Å². The second-order valence-electron chi connectivity index (χ2n) is 4.82. The first-order chi connectivity index (χ1) is 11.5. The van der Waals surface area contributed by atoms with Gasteiger partial charge in [0.25, 0.3) is 0 Å². The Morgan fingerprint density at radius 3 is 2.67 bits per heavy atom. The number of ether oxygens (including phenoxy) is 2. The number of nitrogens with zero attached hydrogens (tertiary/aromatic N) is 1. The second kappa shape index (κ2) is 8.09. The number of methoxy groups -OCH3 is 1. The zero-order chi connectivity index (χ0) is 17.5. The molecular weight excluding hydrogens is 327 g/mol. The van der Waals surface area contributed by atoms with Gasteiger partial charge >= 0.3 is 0 Å². The van der Waals surface area contributed by atoms with Crippen LogP contribution in [0.5, 0.6) is 11.5 Å². The third-order valence-corrected chi connectivity index (χ3v) is 3.45. The van der Waals surface area contributed by atoms with Gasteiger partial charge < -0.3 is 15.2 Å². The SMILES string of the molecule is COc1cc(C=C(C#N)C(N)=S)ccc1OCc1ccccc1F. The maximum atomic E-state index is 13.6. The molecule has 0 aliphatic rings. The lowest BCUT2D eigenvalue weighted by Gasteiger charge is -2.12. The van der Waals surface area contributed by atoms with Gasteiger partial charge in [-0.05, 0) is 29.8 Å². The number of nitrogens with two attached hydrogens (primary N) is 1. The molecule has 0 aromatic heterocycles. The van der Waals surface area contributed by atoms with Crippen LogP contribution in [-0.4, -0.2) is 12.1 Å². The average molecular weight is 342 g/mol. The topological polar surface area (TPSA) is 68.3 Å². The smallest absolute Gasteiger partial charge is 0.161 e. The van der Waals surface area contributed by atoms with Crippen LogP contribution in [-0.2, 0) is 6.61 Å². The lowest BCUT2D eigenvalue weighted by atomic mass is 10.1. The highest BCUT2D eigenvalue weighted by Gasteiger charge is 2.08. The van der Waals surface area contributed by atoms with Crippen molar-refractivity contribution in [2.24, 2.45) is 5.73 Å². The summed E-state index contributed by atoms with van der Waals surface area (Å²) < 4.78 is 24.5. The molecule has 24 heavy (non-hydrogen) atoms. The molecule has 0 atom stereocenters. The van der Waals surface area contributed by atoms with Crippen LogP contribution in [0.15, 0.2) is 48.0 Å². The van der Waals surface area contributed by atoms with E-state index in [0.29, 0.717) is 22.6 Å². The van der Waals surface area contributed by atoms with Gasteiger partial charge in [0.1, 0.15) is 23.5 Å². The van der Waals surface area contributed by atoms with Crippen LogP contribution in [0.4, 0.5) is 4.39 Å². The van der Waals surface area contributed by atoms with Crippen molar-refractivity contribution >= 4 is 23.3 Å². The van der Waals surface area contributed by atoms with Gasteiger partial charge in [-0.1, -0.05) is 36.5 Å². The van der Waals surface area contributed by atoms with E-state index in [2.05, 4.69) is 0 Å². The minimum atomic E-state index is -0.328. The van der Waals surface area contributed by atoms with E-state index < -0.39 is 0 Å². The zero-order valence-corrected chi connectivity index (χ0v) is 13.8. The fourth-order valence-corrected chi connectivity index (χ4v) is 2.09. The Morgan fingerprint density at radius 1 is 1.29 bits per heavy atom. The molecule has 0 aliphatic heterocycles. The number of rotatable bonds is 6. The third-order valence-electron chi connectivity index (χ3n) is 3.23. The molecule has 2 rings (SSSR count). The van der Waals surface area contributed by atoms with Gasteiger partial charge in [0.05, 0.1) is 12.7 Å². The highest BCUT2D eigenvalue weighted by atomic mass is 32.1. The van der Waals surface area contributed by atoms with E-state index in [4.69, 9.17) is 32.7 Å². The highest BCUT2D eigenvalue weighted by Crippen LogP contribution is 2.30. The van der Waals surface area contributed by atoms with Crippen molar-refractivity contribution in [1.29, 1.82) is 5.26 Å². The van der Waals surface area contributed by atoms with Crippen LogP contribution in [0.2, 0.25) is 0 Å². The Morgan fingerprint density at radius 2 is 2.04 bits per heavy atom. The van der Waals surface area contributed by atoms with Crippen LogP contribution in [0.3, 0.4) is 0 Å². The normalized spacial score (nSPS) is 10.8. The Bertz CT molecular complexity index is 828. The van der Waals surface area contributed by atoms with Gasteiger partial charge in [-0.3, -0.25) is 0 Å². The van der Waals surface area contributed by atoms with Gasteiger partial charge in [0.2, 0.25) is 0 Å². The quantitative estimate of drug-likeness (QED) is 0.493. The summed E-state index contributed by atoms with van der Waals surface area (Å²) in [5, 5.41) is 9.00. The fourth-order valence-electron chi connectivity index (χ4n) is 1.99. The lowest BCUT2D eigenvalue weighted by molar-refractivity contribution is 0.279. The summed E-state index contributed by atoms with van der Waals surface area (Å²) in [5.74, 6) is 0.596. The summed E-state index contributed by atoms with van der Waals surface area (Å²) in [5.41, 5.74) is 6.81. The Balaban J connectivity index is 2.22. The van der Waals surface area contributed by atoms with Crippen molar-refractivity contribution in [3.8, 4) is 17.6 Å². The largest absolute Gasteiger partial charge is 0.493 e. The van der Waals surface area contributed by atoms with Gasteiger partial charge in [0.15, 0.2) is 11.5 Å². The van der Waals surface area contributed by atoms with Crippen LogP contribution >= 0.6 is 12.2 Å². The highest BCUT2D eigenvalue weighted by molar-refractivity contribution is 7.80. The maximum absolute atomic E-state index is 13.6. The minimum Gasteiger partial charge on any atom is -0.493 e. The predicted octanol–water partition coefficient (Wildman–Crippen LogP) is 3.61. The third kappa shape index (κ3) is 4.31. The van der Waals surface area contributed by atoms with E-state index in [9.17, 15) is 4.39 Å². The molecular formula is C18H15FN2O2S. The number of hydrogen-bond donors (Lipinski definition) is 1. The molecule has 2 aromatic rings. The first-order valence-corrected chi connectivity index (χ1v) is 7.42. The number of hydrogen-bond acceptors (Lipinski definition) is 4. The van der Waals surface area contributed by atoms with Gasteiger partial charge in [-0.25, -0.2) is 4.39 Å². The summed E-state index contributed by atoms with van der Waals surface area (Å²) in [4.78, 5) is 0.0244.